The summed E-state index contributed by atoms with van der Waals surface area (Å²) in [5, 5.41) is 5.05. The second-order valence-corrected chi connectivity index (χ2v) is 8.05. The third kappa shape index (κ3) is 5.03. The SMILES string of the molecule is CCOC(=O)c1c(NC(=O)COc2ccc3ccccc3c2)sc(C(=O)N(C)C)c1C. The summed E-state index contributed by atoms with van der Waals surface area (Å²) in [5.74, 6) is -0.713. The third-order valence-corrected chi connectivity index (χ3v) is 5.77. The van der Waals surface area contributed by atoms with Gasteiger partial charge in [0.1, 0.15) is 10.8 Å². The van der Waals surface area contributed by atoms with E-state index < -0.39 is 11.9 Å². The van der Waals surface area contributed by atoms with E-state index in [1.54, 1.807) is 34.0 Å². The number of hydrogen-bond donors (Lipinski definition) is 1. The molecule has 0 fully saturated rings. The van der Waals surface area contributed by atoms with Gasteiger partial charge in [-0.3, -0.25) is 9.59 Å². The summed E-state index contributed by atoms with van der Waals surface area (Å²) in [6.07, 6.45) is 0. The van der Waals surface area contributed by atoms with Gasteiger partial charge in [-0.1, -0.05) is 30.3 Å². The average Bonchev–Trinajstić information content (AvgIpc) is 3.07. The second kappa shape index (κ2) is 9.61. The summed E-state index contributed by atoms with van der Waals surface area (Å²) in [7, 11) is 3.25. The lowest BCUT2D eigenvalue weighted by molar-refractivity contribution is -0.118. The van der Waals surface area contributed by atoms with Crippen LogP contribution in [0.1, 0.15) is 32.5 Å². The van der Waals surface area contributed by atoms with Crippen molar-refractivity contribution in [2.45, 2.75) is 13.8 Å². The highest BCUT2D eigenvalue weighted by atomic mass is 32.1. The predicted octanol–water partition coefficient (Wildman–Crippen LogP) is 4.11. The first-order valence-corrected chi connectivity index (χ1v) is 10.6. The molecule has 7 nitrogen and oxygen atoms in total. The van der Waals surface area contributed by atoms with Crippen molar-refractivity contribution in [1.82, 2.24) is 4.90 Å². The summed E-state index contributed by atoms with van der Waals surface area (Å²) in [6, 6.07) is 13.4. The van der Waals surface area contributed by atoms with Crippen LogP contribution in [0.2, 0.25) is 0 Å². The molecule has 162 valence electrons. The molecule has 1 heterocycles. The standard InChI is InChI=1S/C23H24N2O5S/c1-5-29-23(28)19-14(2)20(22(27)25(3)4)31-21(19)24-18(26)13-30-17-11-10-15-8-6-7-9-16(15)12-17/h6-12H,5,13H2,1-4H3,(H,24,26). The zero-order chi connectivity index (χ0) is 22.5. The number of nitrogens with zero attached hydrogens (tertiary/aromatic N) is 1. The Balaban J connectivity index is 1.77. The molecule has 0 aliphatic carbocycles. The average molecular weight is 441 g/mol. The molecule has 0 spiro atoms. The van der Waals surface area contributed by atoms with E-state index in [4.69, 9.17) is 9.47 Å². The number of amides is 2. The van der Waals surface area contributed by atoms with Gasteiger partial charge in [-0.2, -0.15) is 0 Å². The van der Waals surface area contributed by atoms with E-state index in [1.807, 2.05) is 36.4 Å². The van der Waals surface area contributed by atoms with Crippen LogP contribution in [-0.4, -0.2) is 50.0 Å². The van der Waals surface area contributed by atoms with Crippen LogP contribution in [0.25, 0.3) is 10.8 Å². The lowest BCUT2D eigenvalue weighted by atomic mass is 10.1. The van der Waals surface area contributed by atoms with Crippen molar-refractivity contribution < 1.29 is 23.9 Å². The van der Waals surface area contributed by atoms with E-state index in [-0.39, 0.29) is 29.7 Å². The van der Waals surface area contributed by atoms with Crippen LogP contribution in [0, 0.1) is 6.92 Å². The Morgan fingerprint density at radius 1 is 1.06 bits per heavy atom. The van der Waals surface area contributed by atoms with Crippen molar-refractivity contribution in [2.75, 3.05) is 32.6 Å². The molecule has 2 aromatic carbocycles. The minimum atomic E-state index is -0.584. The zero-order valence-corrected chi connectivity index (χ0v) is 18.7. The molecule has 2 amide bonds. The Labute approximate surface area is 184 Å². The van der Waals surface area contributed by atoms with Gasteiger partial charge < -0.3 is 19.7 Å². The molecule has 3 rings (SSSR count). The summed E-state index contributed by atoms with van der Waals surface area (Å²) in [6.45, 7) is 3.31. The van der Waals surface area contributed by atoms with Crippen molar-refractivity contribution in [3.8, 4) is 5.75 Å². The highest BCUT2D eigenvalue weighted by molar-refractivity contribution is 7.18. The van der Waals surface area contributed by atoms with Crippen molar-refractivity contribution in [1.29, 1.82) is 0 Å². The molecular weight excluding hydrogens is 416 g/mol. The quantitative estimate of drug-likeness (QED) is 0.559. The van der Waals surface area contributed by atoms with Gasteiger partial charge in [0, 0.05) is 14.1 Å². The number of thiophene rings is 1. The smallest absolute Gasteiger partial charge is 0.341 e. The summed E-state index contributed by atoms with van der Waals surface area (Å²) >= 11 is 1.05. The van der Waals surface area contributed by atoms with Gasteiger partial charge in [0.25, 0.3) is 11.8 Å². The number of fused-ring (bicyclic) bond motifs is 1. The van der Waals surface area contributed by atoms with Crippen LogP contribution in [0.15, 0.2) is 42.5 Å². The predicted molar refractivity (Wildman–Crippen MR) is 121 cm³/mol. The van der Waals surface area contributed by atoms with Crippen LogP contribution >= 0.6 is 11.3 Å². The van der Waals surface area contributed by atoms with E-state index in [0.717, 1.165) is 22.1 Å². The molecule has 0 aliphatic heterocycles. The highest BCUT2D eigenvalue weighted by Gasteiger charge is 2.27. The van der Waals surface area contributed by atoms with Crippen molar-refractivity contribution in [3.05, 3.63) is 58.5 Å². The van der Waals surface area contributed by atoms with E-state index in [2.05, 4.69) is 5.32 Å². The Hall–Kier alpha value is -3.39. The monoisotopic (exact) mass is 440 g/mol. The molecule has 0 radical (unpaired) electrons. The zero-order valence-electron chi connectivity index (χ0n) is 17.9. The van der Waals surface area contributed by atoms with Crippen molar-refractivity contribution in [2.24, 2.45) is 0 Å². The molecule has 1 N–H and O–H groups in total. The molecule has 3 aromatic rings. The first-order chi connectivity index (χ1) is 14.8. The fourth-order valence-corrected chi connectivity index (χ4v) is 4.26. The summed E-state index contributed by atoms with van der Waals surface area (Å²) in [5.41, 5.74) is 0.670. The Kier molecular flexibility index (Phi) is 6.91. The molecule has 0 unspecified atom stereocenters. The number of esters is 1. The second-order valence-electron chi connectivity index (χ2n) is 7.03. The van der Waals surface area contributed by atoms with E-state index in [0.29, 0.717) is 16.2 Å². The minimum Gasteiger partial charge on any atom is -0.484 e. The molecule has 31 heavy (non-hydrogen) atoms. The number of nitrogens with one attached hydrogen (secondary N) is 1. The maximum absolute atomic E-state index is 12.5. The normalized spacial score (nSPS) is 10.6. The topological polar surface area (TPSA) is 84.9 Å². The van der Waals surface area contributed by atoms with Gasteiger partial charge in [-0.05, 0) is 42.3 Å². The lowest BCUT2D eigenvalue weighted by Gasteiger charge is -2.09. The molecule has 8 heteroatoms. The Morgan fingerprint density at radius 3 is 2.45 bits per heavy atom. The Morgan fingerprint density at radius 2 is 1.77 bits per heavy atom. The minimum absolute atomic E-state index is 0.184. The van der Waals surface area contributed by atoms with Crippen molar-refractivity contribution in [3.63, 3.8) is 0 Å². The summed E-state index contributed by atoms with van der Waals surface area (Å²) < 4.78 is 10.7. The fraction of sp³-hybridized carbons (Fsp3) is 0.261. The third-order valence-electron chi connectivity index (χ3n) is 4.57. The Bertz CT molecular complexity index is 1140. The maximum Gasteiger partial charge on any atom is 0.341 e. The van der Waals surface area contributed by atoms with Crippen LogP contribution in [0.3, 0.4) is 0 Å². The largest absolute Gasteiger partial charge is 0.484 e. The van der Waals surface area contributed by atoms with Crippen molar-refractivity contribution >= 4 is 44.9 Å². The highest BCUT2D eigenvalue weighted by Crippen LogP contribution is 2.34. The molecule has 1 aromatic heterocycles. The summed E-state index contributed by atoms with van der Waals surface area (Å²) in [4.78, 5) is 39.2. The van der Waals surface area contributed by atoms with E-state index in [9.17, 15) is 14.4 Å². The first-order valence-electron chi connectivity index (χ1n) is 9.75. The van der Waals surface area contributed by atoms with Crippen LogP contribution in [0.5, 0.6) is 5.75 Å². The number of benzene rings is 2. The fourth-order valence-electron chi connectivity index (χ4n) is 3.03. The van der Waals surface area contributed by atoms with Crippen LogP contribution in [0.4, 0.5) is 5.00 Å². The van der Waals surface area contributed by atoms with E-state index in [1.165, 1.54) is 4.90 Å². The van der Waals surface area contributed by atoms with Gasteiger partial charge in [-0.25, -0.2) is 4.79 Å². The molecule has 0 saturated heterocycles. The van der Waals surface area contributed by atoms with Crippen LogP contribution < -0.4 is 10.1 Å². The van der Waals surface area contributed by atoms with Gasteiger partial charge in [0.2, 0.25) is 0 Å². The number of ether oxygens (including phenoxy) is 2. The molecule has 0 saturated carbocycles. The van der Waals surface area contributed by atoms with Gasteiger partial charge in [0.05, 0.1) is 17.0 Å². The van der Waals surface area contributed by atoms with Gasteiger partial charge in [0.15, 0.2) is 6.61 Å². The molecular formula is C23H24N2O5S. The number of anilines is 1. The molecule has 0 atom stereocenters. The molecule has 0 bridgehead atoms. The maximum atomic E-state index is 12.5. The number of rotatable bonds is 7. The number of carbonyl (C=O) groups excluding carboxylic acids is 3. The number of carbonyl (C=O) groups is 3. The number of hydrogen-bond acceptors (Lipinski definition) is 6. The lowest BCUT2D eigenvalue weighted by Crippen LogP contribution is -2.21. The first kappa shape index (κ1) is 22.3. The van der Waals surface area contributed by atoms with Crippen LogP contribution in [-0.2, 0) is 9.53 Å². The molecule has 0 aliphatic rings. The van der Waals surface area contributed by atoms with E-state index >= 15 is 0 Å². The van der Waals surface area contributed by atoms with Gasteiger partial charge in [-0.15, -0.1) is 11.3 Å². The van der Waals surface area contributed by atoms with Gasteiger partial charge >= 0.3 is 5.97 Å².